The number of fused-ring (bicyclic) bond motifs is 2. The van der Waals surface area contributed by atoms with E-state index in [4.69, 9.17) is 16.3 Å². The van der Waals surface area contributed by atoms with Gasteiger partial charge in [-0.05, 0) is 6.07 Å². The summed E-state index contributed by atoms with van der Waals surface area (Å²) in [6, 6.07) is 7.79. The molecule has 0 saturated heterocycles. The van der Waals surface area contributed by atoms with Gasteiger partial charge in [0.2, 0.25) is 5.88 Å². The van der Waals surface area contributed by atoms with E-state index in [1.807, 2.05) is 24.3 Å². The van der Waals surface area contributed by atoms with Gasteiger partial charge in [-0.2, -0.15) is 4.98 Å². The standard InChI is InChI=1S/C11H8ClN3O/c12-10-9-11(15-6-14-10)16-8-4-2-1-3-7(8)5-13-9/h1-4,6,13H,5H2. The van der Waals surface area contributed by atoms with E-state index in [9.17, 15) is 0 Å². The molecule has 0 aliphatic carbocycles. The Morgan fingerprint density at radius 1 is 1.25 bits per heavy atom. The van der Waals surface area contributed by atoms with Crippen molar-refractivity contribution in [2.45, 2.75) is 6.54 Å². The largest absolute Gasteiger partial charge is 0.437 e. The van der Waals surface area contributed by atoms with Crippen LogP contribution in [0.25, 0.3) is 0 Å². The summed E-state index contributed by atoms with van der Waals surface area (Å²) in [6.45, 7) is 0.649. The van der Waals surface area contributed by atoms with E-state index >= 15 is 0 Å². The van der Waals surface area contributed by atoms with E-state index in [2.05, 4.69) is 15.3 Å². The van der Waals surface area contributed by atoms with Gasteiger partial charge in [-0.3, -0.25) is 0 Å². The Morgan fingerprint density at radius 3 is 3.06 bits per heavy atom. The fourth-order valence-corrected chi connectivity index (χ4v) is 1.80. The second-order valence-electron chi connectivity index (χ2n) is 3.41. The number of hydrogen-bond acceptors (Lipinski definition) is 4. The maximum absolute atomic E-state index is 5.96. The van der Waals surface area contributed by atoms with Gasteiger partial charge in [0, 0.05) is 12.1 Å². The number of anilines is 1. The predicted molar refractivity (Wildman–Crippen MR) is 60.9 cm³/mol. The molecule has 1 aliphatic heterocycles. The van der Waals surface area contributed by atoms with E-state index in [0.717, 1.165) is 11.3 Å². The first-order valence-corrected chi connectivity index (χ1v) is 5.22. The number of aromatic nitrogens is 2. The number of hydrogen-bond donors (Lipinski definition) is 1. The molecule has 3 rings (SSSR count). The van der Waals surface area contributed by atoms with E-state index in [0.29, 0.717) is 23.3 Å². The molecule has 2 aromatic rings. The van der Waals surface area contributed by atoms with Crippen molar-refractivity contribution in [1.29, 1.82) is 0 Å². The minimum Gasteiger partial charge on any atom is -0.437 e. The first-order valence-electron chi connectivity index (χ1n) is 4.85. The van der Waals surface area contributed by atoms with Crippen LogP contribution in [0.5, 0.6) is 11.6 Å². The maximum Gasteiger partial charge on any atom is 0.247 e. The molecule has 0 spiro atoms. The van der Waals surface area contributed by atoms with Gasteiger partial charge in [0.05, 0.1) is 0 Å². The summed E-state index contributed by atoms with van der Waals surface area (Å²) in [7, 11) is 0. The highest BCUT2D eigenvalue weighted by molar-refractivity contribution is 6.32. The van der Waals surface area contributed by atoms with Crippen LogP contribution < -0.4 is 10.1 Å². The molecule has 0 fully saturated rings. The SMILES string of the molecule is Clc1ncnc2c1NCc1ccccc1O2. The second-order valence-corrected chi connectivity index (χ2v) is 3.77. The van der Waals surface area contributed by atoms with Crippen molar-refractivity contribution in [3.8, 4) is 11.6 Å². The van der Waals surface area contributed by atoms with Crippen molar-refractivity contribution in [2.75, 3.05) is 5.32 Å². The number of nitrogens with zero attached hydrogens (tertiary/aromatic N) is 2. The van der Waals surface area contributed by atoms with E-state index in [-0.39, 0.29) is 0 Å². The van der Waals surface area contributed by atoms with Crippen LogP contribution in [-0.2, 0) is 6.54 Å². The molecule has 0 unspecified atom stereocenters. The molecule has 2 heterocycles. The van der Waals surface area contributed by atoms with Gasteiger partial charge in [0.15, 0.2) is 5.15 Å². The zero-order chi connectivity index (χ0) is 11.0. The summed E-state index contributed by atoms with van der Waals surface area (Å²) in [5.74, 6) is 1.26. The molecule has 0 atom stereocenters. The molecule has 0 radical (unpaired) electrons. The number of benzene rings is 1. The number of para-hydroxylation sites is 1. The van der Waals surface area contributed by atoms with Crippen molar-refractivity contribution < 1.29 is 4.74 Å². The normalized spacial score (nSPS) is 12.8. The Hall–Kier alpha value is -1.81. The van der Waals surface area contributed by atoms with Crippen LogP contribution in [0.4, 0.5) is 5.69 Å². The average Bonchev–Trinajstić information content (AvgIpc) is 2.48. The van der Waals surface area contributed by atoms with E-state index < -0.39 is 0 Å². The molecule has 16 heavy (non-hydrogen) atoms. The molecule has 1 N–H and O–H groups in total. The Labute approximate surface area is 97.3 Å². The van der Waals surface area contributed by atoms with Gasteiger partial charge in [0.25, 0.3) is 0 Å². The highest BCUT2D eigenvalue weighted by atomic mass is 35.5. The Morgan fingerprint density at radius 2 is 2.12 bits per heavy atom. The maximum atomic E-state index is 5.96. The van der Waals surface area contributed by atoms with Crippen LogP contribution in [0.3, 0.4) is 0 Å². The van der Waals surface area contributed by atoms with E-state index in [1.54, 1.807) is 0 Å². The summed E-state index contributed by atoms with van der Waals surface area (Å²) >= 11 is 5.96. The van der Waals surface area contributed by atoms with Gasteiger partial charge in [-0.25, -0.2) is 4.98 Å². The highest BCUT2D eigenvalue weighted by Gasteiger charge is 2.17. The molecular formula is C11H8ClN3O. The van der Waals surface area contributed by atoms with Crippen molar-refractivity contribution in [1.82, 2.24) is 9.97 Å². The highest BCUT2D eigenvalue weighted by Crippen LogP contribution is 2.36. The molecule has 4 nitrogen and oxygen atoms in total. The van der Waals surface area contributed by atoms with Crippen LogP contribution in [0.1, 0.15) is 5.56 Å². The third kappa shape index (κ3) is 1.47. The van der Waals surface area contributed by atoms with Gasteiger partial charge >= 0.3 is 0 Å². The molecule has 1 aromatic carbocycles. The minimum atomic E-state index is 0.373. The fourth-order valence-electron chi connectivity index (χ4n) is 1.61. The summed E-state index contributed by atoms with van der Waals surface area (Å²) < 4.78 is 5.69. The molecule has 1 aromatic heterocycles. The van der Waals surface area contributed by atoms with Crippen molar-refractivity contribution in [3.63, 3.8) is 0 Å². The summed E-state index contributed by atoms with van der Waals surface area (Å²) in [6.07, 6.45) is 1.39. The molecule has 0 saturated carbocycles. The molecule has 5 heteroatoms. The lowest BCUT2D eigenvalue weighted by Crippen LogP contribution is -1.99. The van der Waals surface area contributed by atoms with Crippen molar-refractivity contribution in [2.24, 2.45) is 0 Å². The van der Waals surface area contributed by atoms with Crippen LogP contribution in [0, 0.1) is 0 Å². The quantitative estimate of drug-likeness (QED) is 0.711. The average molecular weight is 234 g/mol. The van der Waals surface area contributed by atoms with Gasteiger partial charge in [-0.1, -0.05) is 29.8 Å². The fraction of sp³-hybridized carbons (Fsp3) is 0.0909. The van der Waals surface area contributed by atoms with Crippen LogP contribution in [0.15, 0.2) is 30.6 Å². The number of halogens is 1. The van der Waals surface area contributed by atoms with Gasteiger partial charge in [-0.15, -0.1) is 0 Å². The second kappa shape index (κ2) is 3.64. The summed E-state index contributed by atoms with van der Waals surface area (Å²) in [5.41, 5.74) is 1.71. The third-order valence-electron chi connectivity index (χ3n) is 2.40. The zero-order valence-corrected chi connectivity index (χ0v) is 9.03. The Balaban J connectivity index is 2.12. The summed E-state index contributed by atoms with van der Waals surface area (Å²) in [4.78, 5) is 7.97. The number of nitrogens with one attached hydrogen (secondary N) is 1. The van der Waals surface area contributed by atoms with Gasteiger partial charge in [0.1, 0.15) is 17.8 Å². The minimum absolute atomic E-state index is 0.373. The smallest absolute Gasteiger partial charge is 0.247 e. The zero-order valence-electron chi connectivity index (χ0n) is 8.27. The summed E-state index contributed by atoms with van der Waals surface area (Å²) in [5, 5.41) is 3.54. The first-order chi connectivity index (χ1) is 7.84. The molecular weight excluding hydrogens is 226 g/mol. The lowest BCUT2D eigenvalue weighted by molar-refractivity contribution is 0.463. The van der Waals surface area contributed by atoms with Crippen LogP contribution >= 0.6 is 11.6 Å². The van der Waals surface area contributed by atoms with Crippen LogP contribution in [0.2, 0.25) is 5.15 Å². The molecule has 0 bridgehead atoms. The third-order valence-corrected chi connectivity index (χ3v) is 2.69. The topological polar surface area (TPSA) is 47.0 Å². The lowest BCUT2D eigenvalue weighted by Gasteiger charge is -2.06. The molecule has 80 valence electrons. The van der Waals surface area contributed by atoms with Gasteiger partial charge < -0.3 is 10.1 Å². The van der Waals surface area contributed by atoms with Crippen molar-refractivity contribution in [3.05, 3.63) is 41.3 Å². The van der Waals surface area contributed by atoms with E-state index in [1.165, 1.54) is 6.33 Å². The number of rotatable bonds is 0. The molecule has 1 aliphatic rings. The first kappa shape index (κ1) is 9.42. The van der Waals surface area contributed by atoms with Crippen molar-refractivity contribution >= 4 is 17.3 Å². The number of ether oxygens (including phenoxy) is 1. The monoisotopic (exact) mass is 233 g/mol. The molecule has 0 amide bonds. The predicted octanol–water partition coefficient (Wildman–Crippen LogP) is 2.85. The Kier molecular flexibility index (Phi) is 2.15. The lowest BCUT2D eigenvalue weighted by atomic mass is 10.2. The van der Waals surface area contributed by atoms with Crippen LogP contribution in [-0.4, -0.2) is 9.97 Å². The Bertz CT molecular complexity index is 545.